The SMILES string of the molecule is CN(Cc1cccc(F)c1)C(=NC1CCCCC1)NN. The molecule has 2 rings (SSSR count). The number of benzene rings is 1. The molecule has 5 heteroatoms. The molecule has 1 aliphatic rings. The number of nitrogens with one attached hydrogen (secondary N) is 1. The fraction of sp³-hybridized carbons (Fsp3) is 0.533. The molecule has 0 bridgehead atoms. The van der Waals surface area contributed by atoms with Crippen molar-refractivity contribution in [1.82, 2.24) is 10.3 Å². The fourth-order valence-corrected chi connectivity index (χ4v) is 2.61. The van der Waals surface area contributed by atoms with Gasteiger partial charge in [0.2, 0.25) is 5.96 Å². The Morgan fingerprint density at radius 2 is 2.15 bits per heavy atom. The molecule has 3 N–H and O–H groups in total. The summed E-state index contributed by atoms with van der Waals surface area (Å²) in [6.45, 7) is 0.577. The second-order valence-electron chi connectivity index (χ2n) is 5.37. The highest BCUT2D eigenvalue weighted by molar-refractivity contribution is 5.79. The third kappa shape index (κ3) is 4.20. The molecule has 4 nitrogen and oxygen atoms in total. The van der Waals surface area contributed by atoms with Gasteiger partial charge in [0.15, 0.2) is 0 Å². The number of hydrazine groups is 1. The molecule has 1 aromatic rings. The van der Waals surface area contributed by atoms with Crippen molar-refractivity contribution in [2.75, 3.05) is 7.05 Å². The van der Waals surface area contributed by atoms with E-state index in [0.29, 0.717) is 18.5 Å². The van der Waals surface area contributed by atoms with Crippen molar-refractivity contribution in [3.05, 3.63) is 35.6 Å². The highest BCUT2D eigenvalue weighted by atomic mass is 19.1. The number of hydrogen-bond acceptors (Lipinski definition) is 2. The van der Waals surface area contributed by atoms with Crippen LogP contribution in [-0.2, 0) is 6.54 Å². The van der Waals surface area contributed by atoms with E-state index < -0.39 is 0 Å². The van der Waals surface area contributed by atoms with Crippen LogP contribution >= 0.6 is 0 Å². The lowest BCUT2D eigenvalue weighted by atomic mass is 9.96. The molecule has 110 valence electrons. The van der Waals surface area contributed by atoms with Crippen molar-refractivity contribution in [3.8, 4) is 0 Å². The van der Waals surface area contributed by atoms with Crippen molar-refractivity contribution in [1.29, 1.82) is 0 Å². The number of nitrogens with two attached hydrogens (primary N) is 1. The average molecular weight is 278 g/mol. The van der Waals surface area contributed by atoms with Gasteiger partial charge in [-0.3, -0.25) is 5.43 Å². The molecular formula is C15H23FN4. The Morgan fingerprint density at radius 1 is 1.40 bits per heavy atom. The van der Waals surface area contributed by atoms with Gasteiger partial charge in [0, 0.05) is 13.6 Å². The molecule has 0 radical (unpaired) electrons. The summed E-state index contributed by atoms with van der Waals surface area (Å²) in [4.78, 5) is 6.61. The number of guanidine groups is 1. The Labute approximate surface area is 119 Å². The second kappa shape index (κ2) is 7.24. The Morgan fingerprint density at radius 3 is 2.80 bits per heavy atom. The lowest BCUT2D eigenvalue weighted by Crippen LogP contribution is -2.43. The molecule has 20 heavy (non-hydrogen) atoms. The van der Waals surface area contributed by atoms with E-state index in [1.165, 1.54) is 31.4 Å². The summed E-state index contributed by atoms with van der Waals surface area (Å²) >= 11 is 0. The minimum absolute atomic E-state index is 0.220. The van der Waals surface area contributed by atoms with Gasteiger partial charge >= 0.3 is 0 Å². The summed E-state index contributed by atoms with van der Waals surface area (Å²) < 4.78 is 13.2. The van der Waals surface area contributed by atoms with E-state index in [0.717, 1.165) is 18.4 Å². The van der Waals surface area contributed by atoms with Crippen LogP contribution in [0.4, 0.5) is 4.39 Å². The first-order chi connectivity index (χ1) is 9.69. The molecule has 0 heterocycles. The molecule has 0 aliphatic heterocycles. The molecule has 1 aliphatic carbocycles. The monoisotopic (exact) mass is 278 g/mol. The maximum Gasteiger partial charge on any atom is 0.208 e. The molecule has 1 saturated carbocycles. The third-order valence-corrected chi connectivity index (χ3v) is 3.68. The maximum atomic E-state index is 13.2. The largest absolute Gasteiger partial charge is 0.341 e. The molecule has 0 spiro atoms. The summed E-state index contributed by atoms with van der Waals surface area (Å²) in [5.74, 6) is 6.03. The van der Waals surface area contributed by atoms with Gasteiger partial charge in [-0.05, 0) is 30.5 Å². The normalized spacial score (nSPS) is 17.1. The predicted molar refractivity (Wildman–Crippen MR) is 79.5 cm³/mol. The standard InChI is InChI=1S/C15H23FN4/c1-20(11-12-6-5-7-13(16)10-12)15(19-17)18-14-8-3-2-4-9-14/h5-7,10,14H,2-4,8-9,11,17H2,1H3,(H,18,19). The van der Waals surface area contributed by atoms with E-state index in [1.807, 2.05) is 18.0 Å². The van der Waals surface area contributed by atoms with Gasteiger partial charge in [0.05, 0.1) is 6.04 Å². The van der Waals surface area contributed by atoms with Gasteiger partial charge in [0.25, 0.3) is 0 Å². The molecule has 1 fully saturated rings. The van der Waals surface area contributed by atoms with E-state index >= 15 is 0 Å². The lowest BCUT2D eigenvalue weighted by molar-refractivity contribution is 0.422. The van der Waals surface area contributed by atoms with Crippen LogP contribution in [0.3, 0.4) is 0 Å². The van der Waals surface area contributed by atoms with Crippen molar-refractivity contribution in [2.24, 2.45) is 10.8 Å². The summed E-state index contributed by atoms with van der Waals surface area (Å²) in [6.07, 6.45) is 6.02. The van der Waals surface area contributed by atoms with Gasteiger partial charge in [-0.1, -0.05) is 31.4 Å². The Bertz CT molecular complexity index is 455. The van der Waals surface area contributed by atoms with Crippen molar-refractivity contribution in [2.45, 2.75) is 44.7 Å². The molecule has 0 atom stereocenters. The quantitative estimate of drug-likeness (QED) is 0.386. The number of nitrogens with zero attached hydrogens (tertiary/aromatic N) is 2. The highest BCUT2D eigenvalue weighted by Crippen LogP contribution is 2.20. The zero-order valence-corrected chi connectivity index (χ0v) is 12.0. The molecule has 0 saturated heterocycles. The van der Waals surface area contributed by atoms with Crippen LogP contribution in [0.5, 0.6) is 0 Å². The van der Waals surface area contributed by atoms with Gasteiger partial charge in [-0.25, -0.2) is 15.2 Å². The van der Waals surface area contributed by atoms with E-state index in [4.69, 9.17) is 5.84 Å². The molecular weight excluding hydrogens is 255 g/mol. The van der Waals surface area contributed by atoms with Crippen LogP contribution in [0, 0.1) is 5.82 Å². The highest BCUT2D eigenvalue weighted by Gasteiger charge is 2.14. The van der Waals surface area contributed by atoms with E-state index in [-0.39, 0.29) is 5.82 Å². The summed E-state index contributed by atoms with van der Waals surface area (Å²) in [5.41, 5.74) is 3.57. The first kappa shape index (κ1) is 14.8. The number of rotatable bonds is 3. The Hall–Kier alpha value is -1.62. The Balaban J connectivity index is 2.00. The van der Waals surface area contributed by atoms with Crippen molar-refractivity contribution >= 4 is 5.96 Å². The number of halogens is 1. The van der Waals surface area contributed by atoms with E-state index in [1.54, 1.807) is 6.07 Å². The summed E-state index contributed by atoms with van der Waals surface area (Å²) in [7, 11) is 1.91. The Kier molecular flexibility index (Phi) is 5.35. The first-order valence-corrected chi connectivity index (χ1v) is 7.19. The first-order valence-electron chi connectivity index (χ1n) is 7.19. The predicted octanol–water partition coefficient (Wildman–Crippen LogP) is 2.41. The number of hydrogen-bond donors (Lipinski definition) is 2. The smallest absolute Gasteiger partial charge is 0.208 e. The van der Waals surface area contributed by atoms with Crippen molar-refractivity contribution in [3.63, 3.8) is 0 Å². The van der Waals surface area contributed by atoms with Crippen LogP contribution in [-0.4, -0.2) is 23.9 Å². The van der Waals surface area contributed by atoms with Gasteiger partial charge < -0.3 is 4.90 Å². The third-order valence-electron chi connectivity index (χ3n) is 3.68. The van der Waals surface area contributed by atoms with E-state index in [9.17, 15) is 4.39 Å². The molecule has 0 unspecified atom stereocenters. The fourth-order valence-electron chi connectivity index (χ4n) is 2.61. The number of aliphatic imine (C=N–C) groups is 1. The lowest BCUT2D eigenvalue weighted by Gasteiger charge is -2.24. The summed E-state index contributed by atoms with van der Waals surface area (Å²) in [5, 5.41) is 0. The second-order valence-corrected chi connectivity index (χ2v) is 5.37. The minimum atomic E-state index is -0.220. The van der Waals surface area contributed by atoms with Gasteiger partial charge in [0.1, 0.15) is 5.82 Å². The van der Waals surface area contributed by atoms with Crippen LogP contribution in [0.15, 0.2) is 29.3 Å². The van der Waals surface area contributed by atoms with Crippen LogP contribution in [0.1, 0.15) is 37.7 Å². The zero-order chi connectivity index (χ0) is 14.4. The maximum absolute atomic E-state index is 13.2. The van der Waals surface area contributed by atoms with Gasteiger partial charge in [-0.2, -0.15) is 0 Å². The zero-order valence-electron chi connectivity index (χ0n) is 12.0. The van der Waals surface area contributed by atoms with Crippen LogP contribution < -0.4 is 11.3 Å². The van der Waals surface area contributed by atoms with Crippen LogP contribution in [0.2, 0.25) is 0 Å². The minimum Gasteiger partial charge on any atom is -0.341 e. The topological polar surface area (TPSA) is 53.6 Å². The van der Waals surface area contributed by atoms with Gasteiger partial charge in [-0.15, -0.1) is 0 Å². The van der Waals surface area contributed by atoms with Crippen LogP contribution in [0.25, 0.3) is 0 Å². The molecule has 0 amide bonds. The molecule has 0 aromatic heterocycles. The van der Waals surface area contributed by atoms with E-state index in [2.05, 4.69) is 10.4 Å². The molecule has 1 aromatic carbocycles. The average Bonchev–Trinajstić information content (AvgIpc) is 2.45. The summed E-state index contributed by atoms with van der Waals surface area (Å²) in [6, 6.07) is 6.94. The van der Waals surface area contributed by atoms with Crippen molar-refractivity contribution < 1.29 is 4.39 Å².